The highest BCUT2D eigenvalue weighted by Crippen LogP contribution is 2.31. The number of benzene rings is 2. The first-order chi connectivity index (χ1) is 12.1. The number of nitrogens with zero attached hydrogens (tertiary/aromatic N) is 2. The molecular weight excluding hydrogens is 316 g/mol. The van der Waals surface area contributed by atoms with Crippen LogP contribution in [0.5, 0.6) is 0 Å². The van der Waals surface area contributed by atoms with Gasteiger partial charge in [0.25, 0.3) is 11.8 Å². The molecule has 25 heavy (non-hydrogen) atoms. The summed E-state index contributed by atoms with van der Waals surface area (Å²) in [5.74, 6) is -0.469. The standard InChI is InChI=1S/C20H20N2O3/c1-4-25-20(17(21(2)3)14-10-6-5-7-11-14)22-18(23)15-12-8-9-13-16(15)19(22)24/h5-13H,4H2,1-3H3/b20-17-. The van der Waals surface area contributed by atoms with Crippen LogP contribution in [0.2, 0.25) is 0 Å². The van der Waals surface area contributed by atoms with Gasteiger partial charge in [0.2, 0.25) is 5.88 Å². The van der Waals surface area contributed by atoms with Crippen LogP contribution in [-0.2, 0) is 4.74 Å². The van der Waals surface area contributed by atoms with Gasteiger partial charge in [-0.2, -0.15) is 0 Å². The highest BCUT2D eigenvalue weighted by molar-refractivity contribution is 6.22. The van der Waals surface area contributed by atoms with Crippen LogP contribution in [0.1, 0.15) is 33.2 Å². The molecule has 3 rings (SSSR count). The number of rotatable bonds is 5. The smallest absolute Gasteiger partial charge is 0.268 e. The third kappa shape index (κ3) is 2.89. The fraction of sp³-hybridized carbons (Fsp3) is 0.200. The van der Waals surface area contributed by atoms with E-state index in [1.807, 2.05) is 56.3 Å². The quantitative estimate of drug-likeness (QED) is 0.621. The lowest BCUT2D eigenvalue weighted by atomic mass is 10.1. The monoisotopic (exact) mass is 336 g/mol. The van der Waals surface area contributed by atoms with E-state index in [1.165, 1.54) is 0 Å². The molecule has 0 saturated carbocycles. The number of hydrogen-bond acceptors (Lipinski definition) is 4. The molecule has 0 aliphatic carbocycles. The van der Waals surface area contributed by atoms with Crippen LogP contribution in [0.15, 0.2) is 60.5 Å². The Kier molecular flexibility index (Phi) is 4.57. The van der Waals surface area contributed by atoms with Gasteiger partial charge in [0.05, 0.1) is 17.7 Å². The first-order valence-electron chi connectivity index (χ1n) is 8.14. The zero-order valence-electron chi connectivity index (χ0n) is 14.5. The Bertz CT molecular complexity index is 806. The number of hydrogen-bond donors (Lipinski definition) is 0. The van der Waals surface area contributed by atoms with E-state index in [-0.39, 0.29) is 17.7 Å². The van der Waals surface area contributed by atoms with Crippen molar-refractivity contribution >= 4 is 17.5 Å². The van der Waals surface area contributed by atoms with Crippen LogP contribution in [0, 0.1) is 0 Å². The van der Waals surface area contributed by atoms with E-state index < -0.39 is 0 Å². The minimum absolute atomic E-state index is 0.255. The predicted molar refractivity (Wildman–Crippen MR) is 95.6 cm³/mol. The Morgan fingerprint density at radius 1 is 0.920 bits per heavy atom. The molecule has 0 radical (unpaired) electrons. The first-order valence-corrected chi connectivity index (χ1v) is 8.14. The Morgan fingerprint density at radius 2 is 1.44 bits per heavy atom. The fourth-order valence-electron chi connectivity index (χ4n) is 2.92. The SMILES string of the molecule is CCO/C(=C(/c1ccccc1)N(C)C)N1C(=O)c2ccccc2C1=O. The van der Waals surface area contributed by atoms with Gasteiger partial charge in [-0.25, -0.2) is 4.90 Å². The third-order valence-electron chi connectivity index (χ3n) is 3.98. The normalized spacial score (nSPS) is 14.3. The average molecular weight is 336 g/mol. The van der Waals surface area contributed by atoms with Crippen LogP contribution in [0.4, 0.5) is 0 Å². The van der Waals surface area contributed by atoms with Crippen molar-refractivity contribution in [3.8, 4) is 0 Å². The summed E-state index contributed by atoms with van der Waals surface area (Å²) < 4.78 is 5.80. The maximum Gasteiger partial charge on any atom is 0.268 e. The molecule has 2 aromatic rings. The molecule has 0 unspecified atom stereocenters. The fourth-order valence-corrected chi connectivity index (χ4v) is 2.92. The Labute approximate surface area is 147 Å². The summed E-state index contributed by atoms with van der Waals surface area (Å²) in [6.07, 6.45) is 0. The second-order valence-electron chi connectivity index (χ2n) is 5.84. The van der Waals surface area contributed by atoms with Gasteiger partial charge < -0.3 is 9.64 Å². The number of imide groups is 1. The van der Waals surface area contributed by atoms with Crippen molar-refractivity contribution in [1.29, 1.82) is 0 Å². The zero-order chi connectivity index (χ0) is 18.0. The Balaban J connectivity index is 2.19. The largest absolute Gasteiger partial charge is 0.477 e. The number of fused-ring (bicyclic) bond motifs is 1. The molecule has 128 valence electrons. The molecule has 0 N–H and O–H groups in total. The van der Waals surface area contributed by atoms with E-state index in [4.69, 9.17) is 4.74 Å². The number of ether oxygens (including phenoxy) is 1. The molecule has 0 fully saturated rings. The van der Waals surface area contributed by atoms with Crippen LogP contribution >= 0.6 is 0 Å². The number of carbonyl (C=O) groups is 2. The lowest BCUT2D eigenvalue weighted by Crippen LogP contribution is -2.33. The van der Waals surface area contributed by atoms with E-state index in [2.05, 4.69) is 0 Å². The maximum absolute atomic E-state index is 12.9. The van der Waals surface area contributed by atoms with Crippen LogP contribution in [-0.4, -0.2) is 42.3 Å². The van der Waals surface area contributed by atoms with Gasteiger partial charge in [-0.1, -0.05) is 42.5 Å². The van der Waals surface area contributed by atoms with Crippen molar-refractivity contribution in [3.05, 3.63) is 77.2 Å². The van der Waals surface area contributed by atoms with Gasteiger partial charge in [-0.3, -0.25) is 9.59 Å². The van der Waals surface area contributed by atoms with Crippen LogP contribution in [0.25, 0.3) is 5.70 Å². The minimum Gasteiger partial charge on any atom is -0.477 e. The summed E-state index contributed by atoms with van der Waals surface area (Å²) in [7, 11) is 3.72. The summed E-state index contributed by atoms with van der Waals surface area (Å²) in [5, 5.41) is 0. The number of amides is 2. The van der Waals surface area contributed by atoms with Crippen LogP contribution < -0.4 is 0 Å². The average Bonchev–Trinajstić information content (AvgIpc) is 2.87. The van der Waals surface area contributed by atoms with Gasteiger partial charge in [-0.05, 0) is 19.1 Å². The molecular formula is C20H20N2O3. The van der Waals surface area contributed by atoms with Gasteiger partial charge in [-0.15, -0.1) is 0 Å². The van der Waals surface area contributed by atoms with E-state index >= 15 is 0 Å². The van der Waals surface area contributed by atoms with Crippen molar-refractivity contribution in [2.75, 3.05) is 20.7 Å². The first kappa shape index (κ1) is 16.8. The van der Waals surface area contributed by atoms with Crippen molar-refractivity contribution < 1.29 is 14.3 Å². The van der Waals surface area contributed by atoms with Crippen molar-refractivity contribution in [2.24, 2.45) is 0 Å². The maximum atomic E-state index is 12.9. The lowest BCUT2D eigenvalue weighted by molar-refractivity contribution is 0.0556. The summed E-state index contributed by atoms with van der Waals surface area (Å²) in [4.78, 5) is 28.7. The predicted octanol–water partition coefficient (Wildman–Crippen LogP) is 3.21. The lowest BCUT2D eigenvalue weighted by Gasteiger charge is -2.26. The van der Waals surface area contributed by atoms with E-state index in [0.29, 0.717) is 23.4 Å². The highest BCUT2D eigenvalue weighted by Gasteiger charge is 2.40. The molecule has 5 heteroatoms. The van der Waals surface area contributed by atoms with Gasteiger partial charge >= 0.3 is 0 Å². The van der Waals surface area contributed by atoms with E-state index in [9.17, 15) is 9.59 Å². The molecule has 1 aliphatic rings. The Morgan fingerprint density at radius 3 is 1.92 bits per heavy atom. The molecule has 2 amide bonds. The molecule has 0 saturated heterocycles. The van der Waals surface area contributed by atoms with Crippen molar-refractivity contribution in [3.63, 3.8) is 0 Å². The van der Waals surface area contributed by atoms with Gasteiger partial charge in [0, 0.05) is 19.7 Å². The molecule has 1 heterocycles. The third-order valence-corrected chi connectivity index (χ3v) is 3.98. The minimum atomic E-state index is -0.362. The summed E-state index contributed by atoms with van der Waals surface area (Å²) in [6, 6.07) is 16.4. The molecule has 0 spiro atoms. The zero-order valence-corrected chi connectivity index (χ0v) is 14.5. The molecule has 5 nitrogen and oxygen atoms in total. The molecule has 0 aromatic heterocycles. The molecule has 1 aliphatic heterocycles. The van der Waals surface area contributed by atoms with Crippen molar-refractivity contribution in [2.45, 2.75) is 6.92 Å². The van der Waals surface area contributed by atoms with E-state index in [1.54, 1.807) is 24.3 Å². The van der Waals surface area contributed by atoms with Gasteiger partial charge in [0.15, 0.2) is 0 Å². The topological polar surface area (TPSA) is 49.9 Å². The van der Waals surface area contributed by atoms with Crippen molar-refractivity contribution in [1.82, 2.24) is 9.80 Å². The molecule has 2 aromatic carbocycles. The summed E-state index contributed by atoms with van der Waals surface area (Å²) in [6.45, 7) is 2.17. The number of carbonyl (C=O) groups excluding carboxylic acids is 2. The van der Waals surface area contributed by atoms with Crippen LogP contribution in [0.3, 0.4) is 0 Å². The van der Waals surface area contributed by atoms with E-state index in [0.717, 1.165) is 10.5 Å². The van der Waals surface area contributed by atoms with Gasteiger partial charge in [0.1, 0.15) is 5.70 Å². The second kappa shape index (κ2) is 6.81. The second-order valence-corrected chi connectivity index (χ2v) is 5.84. The summed E-state index contributed by atoms with van der Waals surface area (Å²) >= 11 is 0. The summed E-state index contributed by atoms with van der Waals surface area (Å²) in [5.41, 5.74) is 2.34. The Hall–Kier alpha value is -3.08. The highest BCUT2D eigenvalue weighted by atomic mass is 16.5. The molecule has 0 atom stereocenters. The molecule has 0 bridgehead atoms.